The molecule has 2 fully saturated rings. The lowest BCUT2D eigenvalue weighted by Gasteiger charge is -2.34. The standard InChI is InChI=1S/C11H14Cl2N4OS/c1-7-14-10(19-15-7)17-4-2-16(3-5-17)9(18)8-6-11(8,12)13/h8H,2-6H2,1H3/t8-/m1/s1. The minimum Gasteiger partial charge on any atom is -0.343 e. The van der Waals surface area contributed by atoms with Crippen molar-refractivity contribution in [3.63, 3.8) is 0 Å². The number of aryl methyl sites for hydroxylation is 1. The van der Waals surface area contributed by atoms with E-state index in [4.69, 9.17) is 23.2 Å². The summed E-state index contributed by atoms with van der Waals surface area (Å²) < 4.78 is 3.35. The summed E-state index contributed by atoms with van der Waals surface area (Å²) in [5.41, 5.74) is 0. The molecule has 1 saturated heterocycles. The zero-order chi connectivity index (χ0) is 13.6. The molecule has 2 aliphatic rings. The molecule has 0 spiro atoms. The van der Waals surface area contributed by atoms with Crippen molar-refractivity contribution in [3.05, 3.63) is 5.82 Å². The van der Waals surface area contributed by atoms with Crippen molar-refractivity contribution in [2.75, 3.05) is 31.1 Å². The fourth-order valence-electron chi connectivity index (χ4n) is 2.23. The number of halogens is 2. The van der Waals surface area contributed by atoms with Crippen LogP contribution in [0.25, 0.3) is 0 Å². The van der Waals surface area contributed by atoms with Crippen molar-refractivity contribution in [1.29, 1.82) is 0 Å². The first-order chi connectivity index (χ1) is 8.97. The fraction of sp³-hybridized carbons (Fsp3) is 0.727. The van der Waals surface area contributed by atoms with Crippen LogP contribution in [0.15, 0.2) is 0 Å². The van der Waals surface area contributed by atoms with Crippen molar-refractivity contribution in [2.24, 2.45) is 5.92 Å². The van der Waals surface area contributed by atoms with Gasteiger partial charge in [-0.25, -0.2) is 4.98 Å². The van der Waals surface area contributed by atoms with Gasteiger partial charge in [-0.15, -0.1) is 23.2 Å². The van der Waals surface area contributed by atoms with Gasteiger partial charge in [-0.05, 0) is 13.3 Å². The summed E-state index contributed by atoms with van der Waals surface area (Å²) in [5, 5.41) is 0.931. The van der Waals surface area contributed by atoms with Crippen LogP contribution < -0.4 is 4.90 Å². The Kier molecular flexibility index (Phi) is 3.35. The number of aromatic nitrogens is 2. The largest absolute Gasteiger partial charge is 0.343 e. The molecular weight excluding hydrogens is 307 g/mol. The molecule has 1 aromatic rings. The van der Waals surface area contributed by atoms with Crippen LogP contribution in [0, 0.1) is 12.8 Å². The van der Waals surface area contributed by atoms with Crippen LogP contribution in [0.3, 0.4) is 0 Å². The first-order valence-corrected chi connectivity index (χ1v) is 7.72. The smallest absolute Gasteiger partial charge is 0.228 e. The zero-order valence-corrected chi connectivity index (χ0v) is 12.8. The van der Waals surface area contributed by atoms with E-state index in [1.165, 1.54) is 11.5 Å². The molecular formula is C11H14Cl2N4OS. The van der Waals surface area contributed by atoms with E-state index in [2.05, 4.69) is 14.3 Å². The number of rotatable bonds is 2. The monoisotopic (exact) mass is 320 g/mol. The maximum atomic E-state index is 12.1. The summed E-state index contributed by atoms with van der Waals surface area (Å²) in [4.78, 5) is 20.5. The van der Waals surface area contributed by atoms with Gasteiger partial charge in [0.05, 0.1) is 5.92 Å². The number of anilines is 1. The van der Waals surface area contributed by atoms with Crippen LogP contribution in [-0.4, -0.2) is 50.7 Å². The quantitative estimate of drug-likeness (QED) is 0.778. The van der Waals surface area contributed by atoms with Crippen molar-refractivity contribution in [2.45, 2.75) is 17.7 Å². The Balaban J connectivity index is 1.56. The lowest BCUT2D eigenvalue weighted by atomic mass is 10.3. The first-order valence-electron chi connectivity index (χ1n) is 6.19. The van der Waals surface area contributed by atoms with Gasteiger partial charge in [-0.3, -0.25) is 4.79 Å². The van der Waals surface area contributed by atoms with Gasteiger partial charge in [-0.1, -0.05) is 0 Å². The molecule has 1 atom stereocenters. The van der Waals surface area contributed by atoms with Gasteiger partial charge in [0.1, 0.15) is 10.2 Å². The molecule has 19 heavy (non-hydrogen) atoms. The molecule has 1 amide bonds. The second-order valence-electron chi connectivity index (χ2n) is 4.95. The lowest BCUT2D eigenvalue weighted by Crippen LogP contribution is -2.49. The molecule has 8 heteroatoms. The zero-order valence-electron chi connectivity index (χ0n) is 10.5. The summed E-state index contributed by atoms with van der Waals surface area (Å²) in [6.07, 6.45) is 0.574. The van der Waals surface area contributed by atoms with Crippen molar-refractivity contribution in [3.8, 4) is 0 Å². The van der Waals surface area contributed by atoms with E-state index in [0.29, 0.717) is 19.5 Å². The van der Waals surface area contributed by atoms with Gasteiger partial charge in [-0.2, -0.15) is 4.37 Å². The normalized spacial score (nSPS) is 25.5. The molecule has 0 unspecified atom stereocenters. The highest BCUT2D eigenvalue weighted by Crippen LogP contribution is 2.53. The van der Waals surface area contributed by atoms with Crippen LogP contribution in [0.4, 0.5) is 5.13 Å². The fourth-order valence-corrected chi connectivity index (χ4v) is 3.46. The Labute approximate surface area is 125 Å². The van der Waals surface area contributed by atoms with E-state index in [1.807, 2.05) is 11.8 Å². The number of nitrogens with zero attached hydrogens (tertiary/aromatic N) is 4. The average molecular weight is 321 g/mol. The van der Waals surface area contributed by atoms with E-state index in [9.17, 15) is 4.79 Å². The Morgan fingerprint density at radius 3 is 2.47 bits per heavy atom. The van der Waals surface area contributed by atoms with Crippen molar-refractivity contribution in [1.82, 2.24) is 14.3 Å². The maximum absolute atomic E-state index is 12.1. The topological polar surface area (TPSA) is 49.3 Å². The van der Waals surface area contributed by atoms with Crippen LogP contribution in [0.2, 0.25) is 0 Å². The molecule has 104 valence electrons. The van der Waals surface area contributed by atoms with Crippen LogP contribution in [0.5, 0.6) is 0 Å². The van der Waals surface area contributed by atoms with Gasteiger partial charge < -0.3 is 9.80 Å². The van der Waals surface area contributed by atoms with Crippen LogP contribution in [-0.2, 0) is 4.79 Å². The Hall–Kier alpha value is -0.590. The average Bonchev–Trinajstić information content (AvgIpc) is 2.82. The van der Waals surface area contributed by atoms with Gasteiger partial charge in [0.15, 0.2) is 0 Å². The minimum absolute atomic E-state index is 0.0816. The SMILES string of the molecule is Cc1nsc(N2CCN(C(=O)[C@H]3CC3(Cl)Cl)CC2)n1. The van der Waals surface area contributed by atoms with Gasteiger partial charge in [0.25, 0.3) is 0 Å². The lowest BCUT2D eigenvalue weighted by molar-refractivity contribution is -0.132. The maximum Gasteiger partial charge on any atom is 0.228 e. The molecule has 0 N–H and O–H groups in total. The number of carbonyl (C=O) groups is 1. The van der Waals surface area contributed by atoms with Crippen molar-refractivity contribution >= 4 is 45.8 Å². The molecule has 3 rings (SSSR count). The summed E-state index contributed by atoms with van der Waals surface area (Å²) in [5.74, 6) is 0.662. The van der Waals surface area contributed by atoms with E-state index < -0.39 is 4.33 Å². The first kappa shape index (κ1) is 13.4. The Morgan fingerprint density at radius 1 is 1.37 bits per heavy atom. The minimum atomic E-state index is -0.829. The Morgan fingerprint density at radius 2 is 2.00 bits per heavy atom. The van der Waals surface area contributed by atoms with Gasteiger partial charge in [0, 0.05) is 37.7 Å². The number of alkyl halides is 2. The highest BCUT2D eigenvalue weighted by Gasteiger charge is 2.57. The molecule has 1 aromatic heterocycles. The third kappa shape index (κ3) is 2.66. The van der Waals surface area contributed by atoms with Gasteiger partial charge in [0.2, 0.25) is 11.0 Å². The van der Waals surface area contributed by atoms with E-state index >= 15 is 0 Å². The number of hydrogen-bond acceptors (Lipinski definition) is 5. The molecule has 1 aliphatic carbocycles. The molecule has 0 aromatic carbocycles. The number of piperazine rings is 1. The highest BCUT2D eigenvalue weighted by atomic mass is 35.5. The molecule has 0 bridgehead atoms. The van der Waals surface area contributed by atoms with Crippen molar-refractivity contribution < 1.29 is 4.79 Å². The third-order valence-corrected chi connectivity index (χ3v) is 5.21. The highest BCUT2D eigenvalue weighted by molar-refractivity contribution is 7.09. The number of hydrogen-bond donors (Lipinski definition) is 0. The number of amides is 1. The second-order valence-corrected chi connectivity index (χ2v) is 7.23. The summed E-state index contributed by atoms with van der Waals surface area (Å²) in [7, 11) is 0. The van der Waals surface area contributed by atoms with Crippen LogP contribution >= 0.6 is 34.7 Å². The molecule has 5 nitrogen and oxygen atoms in total. The summed E-state index contributed by atoms with van der Waals surface area (Å²) in [6.45, 7) is 4.83. The number of carbonyl (C=O) groups excluding carboxylic acids is 1. The predicted molar refractivity (Wildman–Crippen MR) is 76.0 cm³/mol. The van der Waals surface area contributed by atoms with E-state index in [0.717, 1.165) is 24.0 Å². The Bertz CT molecular complexity index is 499. The molecule has 0 radical (unpaired) electrons. The van der Waals surface area contributed by atoms with E-state index in [-0.39, 0.29) is 11.8 Å². The van der Waals surface area contributed by atoms with E-state index in [1.54, 1.807) is 0 Å². The molecule has 2 heterocycles. The summed E-state index contributed by atoms with van der Waals surface area (Å²) >= 11 is 13.3. The summed E-state index contributed by atoms with van der Waals surface area (Å²) in [6, 6.07) is 0. The molecule has 1 saturated carbocycles. The van der Waals surface area contributed by atoms with Crippen LogP contribution in [0.1, 0.15) is 12.2 Å². The molecule has 1 aliphatic heterocycles. The second kappa shape index (κ2) is 4.75. The van der Waals surface area contributed by atoms with Gasteiger partial charge >= 0.3 is 0 Å². The predicted octanol–water partition coefficient (Wildman–Crippen LogP) is 1.69. The third-order valence-electron chi connectivity index (χ3n) is 3.50.